The summed E-state index contributed by atoms with van der Waals surface area (Å²) in [5, 5.41) is 12.6. The number of aliphatic hydroxyl groups is 1. The van der Waals surface area contributed by atoms with Crippen LogP contribution in [0.15, 0.2) is 24.3 Å². The Bertz CT molecular complexity index is 538. The van der Waals surface area contributed by atoms with Crippen LogP contribution in [-0.4, -0.2) is 53.2 Å². The molecule has 2 saturated heterocycles. The Hall–Kier alpha value is -1.59. The van der Waals surface area contributed by atoms with Crippen molar-refractivity contribution in [2.24, 2.45) is 0 Å². The van der Waals surface area contributed by atoms with E-state index in [1.54, 1.807) is 4.90 Å². The third kappa shape index (κ3) is 5.72. The lowest BCUT2D eigenvalue weighted by Gasteiger charge is -2.30. The van der Waals surface area contributed by atoms with Crippen molar-refractivity contribution in [2.45, 2.75) is 57.7 Å². The molecule has 1 aromatic carbocycles. The summed E-state index contributed by atoms with van der Waals surface area (Å²) in [6, 6.07) is 8.50. The molecule has 138 valence electrons. The monoisotopic (exact) mass is 345 g/mol. The van der Waals surface area contributed by atoms with E-state index in [0.29, 0.717) is 13.1 Å². The number of rotatable bonds is 4. The van der Waals surface area contributed by atoms with Gasteiger partial charge in [0.15, 0.2) is 0 Å². The molecule has 0 bridgehead atoms. The number of piperidine rings is 1. The van der Waals surface area contributed by atoms with Gasteiger partial charge in [0, 0.05) is 26.2 Å². The Morgan fingerprint density at radius 2 is 1.68 bits per heavy atom. The molecule has 1 aromatic rings. The second-order valence-corrected chi connectivity index (χ2v) is 7.41. The topological polar surface area (TPSA) is 55.8 Å². The van der Waals surface area contributed by atoms with Crippen molar-refractivity contribution in [3.05, 3.63) is 35.4 Å². The molecule has 0 saturated carbocycles. The molecule has 5 nitrogen and oxygen atoms in total. The highest BCUT2D eigenvalue weighted by Gasteiger charge is 2.21. The minimum Gasteiger partial charge on any atom is -0.391 e. The first kappa shape index (κ1) is 18.2. The van der Waals surface area contributed by atoms with Crippen LogP contribution in [0.4, 0.5) is 4.79 Å². The first-order chi connectivity index (χ1) is 12.2. The average Bonchev–Trinajstić information content (AvgIpc) is 2.89. The van der Waals surface area contributed by atoms with Crippen molar-refractivity contribution >= 4 is 6.03 Å². The molecule has 5 heteroatoms. The lowest BCUT2D eigenvalue weighted by molar-refractivity contribution is 0.0842. The van der Waals surface area contributed by atoms with Crippen LogP contribution in [0.25, 0.3) is 0 Å². The quantitative estimate of drug-likeness (QED) is 0.882. The first-order valence-corrected chi connectivity index (χ1v) is 9.72. The molecule has 0 radical (unpaired) electrons. The summed E-state index contributed by atoms with van der Waals surface area (Å²) in [7, 11) is 0. The zero-order chi connectivity index (χ0) is 17.5. The van der Waals surface area contributed by atoms with E-state index in [-0.39, 0.29) is 12.1 Å². The van der Waals surface area contributed by atoms with E-state index in [1.165, 1.54) is 44.3 Å². The van der Waals surface area contributed by atoms with Gasteiger partial charge in [0.25, 0.3) is 0 Å². The molecule has 2 aliphatic rings. The number of aliphatic hydroxyl groups excluding tert-OH is 1. The molecule has 2 N–H and O–H groups in total. The number of β-amino-alcohol motifs (C(OH)–C–C–N with tert-alkyl or cyclic N) is 1. The van der Waals surface area contributed by atoms with Crippen molar-refractivity contribution in [1.82, 2.24) is 15.1 Å². The summed E-state index contributed by atoms with van der Waals surface area (Å²) in [5.41, 5.74) is 2.46. The Morgan fingerprint density at radius 1 is 1.00 bits per heavy atom. The Morgan fingerprint density at radius 3 is 2.36 bits per heavy atom. The van der Waals surface area contributed by atoms with E-state index in [4.69, 9.17) is 0 Å². The second kappa shape index (κ2) is 9.20. The molecule has 2 fully saturated rings. The van der Waals surface area contributed by atoms with Gasteiger partial charge in [0.2, 0.25) is 0 Å². The maximum atomic E-state index is 12.2. The summed E-state index contributed by atoms with van der Waals surface area (Å²) in [6.45, 7) is 5.16. The zero-order valence-corrected chi connectivity index (χ0v) is 15.1. The van der Waals surface area contributed by atoms with Crippen molar-refractivity contribution < 1.29 is 9.90 Å². The zero-order valence-electron chi connectivity index (χ0n) is 15.1. The molecule has 25 heavy (non-hydrogen) atoms. The molecule has 3 rings (SSSR count). The number of amides is 2. The molecule has 0 aromatic heterocycles. The van der Waals surface area contributed by atoms with Crippen molar-refractivity contribution in [1.29, 1.82) is 0 Å². The Kier molecular flexibility index (Phi) is 6.70. The molecular formula is C20H31N3O2. The summed E-state index contributed by atoms with van der Waals surface area (Å²) >= 11 is 0. The average molecular weight is 345 g/mol. The summed E-state index contributed by atoms with van der Waals surface area (Å²) in [6.07, 6.45) is 6.65. The van der Waals surface area contributed by atoms with Crippen molar-refractivity contribution in [2.75, 3.05) is 26.2 Å². The molecule has 1 atom stereocenters. The summed E-state index contributed by atoms with van der Waals surface area (Å²) < 4.78 is 0. The van der Waals surface area contributed by atoms with Gasteiger partial charge in [-0.3, -0.25) is 4.90 Å². The van der Waals surface area contributed by atoms with Crippen molar-refractivity contribution in [3.63, 3.8) is 0 Å². The van der Waals surface area contributed by atoms with Gasteiger partial charge >= 0.3 is 6.03 Å². The van der Waals surface area contributed by atoms with Gasteiger partial charge in [-0.25, -0.2) is 4.79 Å². The van der Waals surface area contributed by atoms with Crippen LogP contribution in [0.5, 0.6) is 0 Å². The normalized spacial score (nSPS) is 22.4. The number of carbonyl (C=O) groups excluding carboxylic acids is 1. The number of nitrogens with one attached hydrogen (secondary N) is 1. The van der Waals surface area contributed by atoms with Gasteiger partial charge in [-0.2, -0.15) is 0 Å². The maximum absolute atomic E-state index is 12.2. The van der Waals surface area contributed by atoms with E-state index in [9.17, 15) is 9.90 Å². The molecule has 1 unspecified atom stereocenters. The fraction of sp³-hybridized carbons (Fsp3) is 0.650. The van der Waals surface area contributed by atoms with E-state index >= 15 is 0 Å². The van der Waals surface area contributed by atoms with E-state index in [1.807, 2.05) is 0 Å². The van der Waals surface area contributed by atoms with Crippen LogP contribution in [0.3, 0.4) is 0 Å². The largest absolute Gasteiger partial charge is 0.391 e. The van der Waals surface area contributed by atoms with Crippen LogP contribution >= 0.6 is 0 Å². The fourth-order valence-electron chi connectivity index (χ4n) is 3.74. The Balaban J connectivity index is 1.44. The predicted octanol–water partition coefficient (Wildman–Crippen LogP) is 2.73. The highest BCUT2D eigenvalue weighted by atomic mass is 16.3. The van der Waals surface area contributed by atoms with Gasteiger partial charge in [-0.15, -0.1) is 0 Å². The number of benzene rings is 1. The van der Waals surface area contributed by atoms with Crippen LogP contribution in [0.2, 0.25) is 0 Å². The van der Waals surface area contributed by atoms with Crippen molar-refractivity contribution in [3.8, 4) is 0 Å². The second-order valence-electron chi connectivity index (χ2n) is 7.41. The van der Waals surface area contributed by atoms with Gasteiger partial charge in [0.05, 0.1) is 6.10 Å². The molecule has 0 aliphatic carbocycles. The van der Waals surface area contributed by atoms with Crippen LogP contribution in [0.1, 0.15) is 49.7 Å². The number of likely N-dealkylation sites (tertiary alicyclic amines) is 2. The molecule has 2 aliphatic heterocycles. The van der Waals surface area contributed by atoms with Crippen LogP contribution in [-0.2, 0) is 13.1 Å². The minimum absolute atomic E-state index is 0.0765. The number of hydrogen-bond donors (Lipinski definition) is 2. The van der Waals surface area contributed by atoms with E-state index in [2.05, 4.69) is 34.5 Å². The summed E-state index contributed by atoms with van der Waals surface area (Å²) in [4.78, 5) is 16.4. The van der Waals surface area contributed by atoms with Gasteiger partial charge in [-0.1, -0.05) is 37.1 Å². The molecular weight excluding hydrogens is 314 g/mol. The number of urea groups is 1. The Labute approximate surface area is 151 Å². The third-order valence-corrected chi connectivity index (χ3v) is 5.26. The number of hydrogen-bond acceptors (Lipinski definition) is 3. The fourth-order valence-corrected chi connectivity index (χ4v) is 3.74. The molecule has 0 spiro atoms. The van der Waals surface area contributed by atoms with Gasteiger partial charge in [-0.05, 0) is 49.9 Å². The molecule has 2 amide bonds. The van der Waals surface area contributed by atoms with Crippen LogP contribution in [0, 0.1) is 0 Å². The summed E-state index contributed by atoms with van der Waals surface area (Å²) in [5.74, 6) is 0. The van der Waals surface area contributed by atoms with Gasteiger partial charge in [0.1, 0.15) is 0 Å². The number of carbonyl (C=O) groups is 1. The van der Waals surface area contributed by atoms with Crippen LogP contribution < -0.4 is 5.32 Å². The predicted molar refractivity (Wildman–Crippen MR) is 99.2 cm³/mol. The maximum Gasteiger partial charge on any atom is 0.317 e. The minimum atomic E-state index is -0.377. The van der Waals surface area contributed by atoms with E-state index < -0.39 is 0 Å². The SMILES string of the molecule is O=C(NCc1ccc(CN2CCCCCC2)cc1)N1CCCC(O)C1. The lowest BCUT2D eigenvalue weighted by Crippen LogP contribution is -2.46. The lowest BCUT2D eigenvalue weighted by atomic mass is 10.1. The highest BCUT2D eigenvalue weighted by Crippen LogP contribution is 2.14. The van der Waals surface area contributed by atoms with Gasteiger partial charge < -0.3 is 15.3 Å². The third-order valence-electron chi connectivity index (χ3n) is 5.26. The highest BCUT2D eigenvalue weighted by molar-refractivity contribution is 5.74. The molecule has 2 heterocycles. The standard InChI is InChI=1S/C20H31N3O2/c24-19-6-5-13-23(16-19)20(25)21-14-17-7-9-18(10-8-17)15-22-11-3-1-2-4-12-22/h7-10,19,24H,1-6,11-16H2,(H,21,25). The smallest absolute Gasteiger partial charge is 0.317 e. The number of nitrogens with zero attached hydrogens (tertiary/aromatic N) is 2. The van der Waals surface area contributed by atoms with E-state index in [0.717, 1.165) is 31.5 Å². The first-order valence-electron chi connectivity index (χ1n) is 9.72.